The smallest absolute Gasteiger partial charge is 0.234 e. The Morgan fingerprint density at radius 1 is 1.14 bits per heavy atom. The van der Waals surface area contributed by atoms with Crippen LogP contribution in [0.1, 0.15) is 28.0 Å². The summed E-state index contributed by atoms with van der Waals surface area (Å²) in [6, 6.07) is 11.2. The first-order valence-electron chi connectivity index (χ1n) is 7.34. The van der Waals surface area contributed by atoms with Gasteiger partial charge in [0, 0.05) is 28.3 Å². The van der Waals surface area contributed by atoms with Crippen molar-refractivity contribution in [3.05, 3.63) is 42.0 Å². The molecule has 4 heteroatoms. The molecule has 0 N–H and O–H groups in total. The number of rotatable bonds is 3. The Morgan fingerprint density at radius 2 is 1.82 bits per heavy atom. The first kappa shape index (κ1) is 13.1. The van der Waals surface area contributed by atoms with Crippen molar-refractivity contribution in [3.8, 4) is 5.75 Å². The lowest BCUT2D eigenvalue weighted by atomic mass is 10.1. The molecule has 0 bridgehead atoms. The minimum Gasteiger partial charge on any atom is -0.497 e. The number of hydrogen-bond donors (Lipinski definition) is 0. The Labute approximate surface area is 127 Å². The standard InChI is InChI=1S/C18H15NO3/c1-22-13-5-7-15-14-6-2-11(10-20)8-16(14)19(17(15)9-13)18(21)12-3-4-12/h2,5-10,12H,3-4H2,1H3. The number of nitrogens with zero attached hydrogens (tertiary/aromatic N) is 1. The Hall–Kier alpha value is -2.62. The maximum Gasteiger partial charge on any atom is 0.234 e. The summed E-state index contributed by atoms with van der Waals surface area (Å²) in [7, 11) is 1.61. The predicted octanol–water partition coefficient (Wildman–Crippen LogP) is 3.67. The van der Waals surface area contributed by atoms with Crippen LogP contribution in [0.2, 0.25) is 0 Å². The average Bonchev–Trinajstić information content (AvgIpc) is 3.35. The normalized spacial score (nSPS) is 14.4. The van der Waals surface area contributed by atoms with Crippen LogP contribution in [-0.4, -0.2) is 23.9 Å². The summed E-state index contributed by atoms with van der Waals surface area (Å²) in [5.41, 5.74) is 2.21. The molecule has 1 aliphatic carbocycles. The van der Waals surface area contributed by atoms with Crippen molar-refractivity contribution >= 4 is 34.0 Å². The molecule has 22 heavy (non-hydrogen) atoms. The Balaban J connectivity index is 2.11. The molecule has 0 aliphatic heterocycles. The van der Waals surface area contributed by atoms with Crippen LogP contribution in [0.5, 0.6) is 5.75 Å². The molecule has 0 radical (unpaired) electrons. The van der Waals surface area contributed by atoms with Crippen LogP contribution in [0.15, 0.2) is 36.4 Å². The first-order valence-corrected chi connectivity index (χ1v) is 7.34. The molecular weight excluding hydrogens is 278 g/mol. The van der Waals surface area contributed by atoms with E-state index in [1.807, 2.05) is 24.3 Å². The average molecular weight is 293 g/mol. The van der Waals surface area contributed by atoms with Gasteiger partial charge in [0.15, 0.2) is 0 Å². The molecule has 1 heterocycles. The molecule has 0 atom stereocenters. The maximum absolute atomic E-state index is 12.7. The molecule has 2 aromatic carbocycles. The summed E-state index contributed by atoms with van der Waals surface area (Å²) in [6.07, 6.45) is 2.69. The van der Waals surface area contributed by atoms with Crippen molar-refractivity contribution < 1.29 is 14.3 Å². The van der Waals surface area contributed by atoms with Gasteiger partial charge < -0.3 is 4.74 Å². The third-order valence-corrected chi connectivity index (χ3v) is 4.28. The zero-order valence-corrected chi connectivity index (χ0v) is 12.2. The van der Waals surface area contributed by atoms with Crippen molar-refractivity contribution in [3.63, 3.8) is 0 Å². The van der Waals surface area contributed by atoms with Crippen LogP contribution < -0.4 is 4.74 Å². The highest BCUT2D eigenvalue weighted by molar-refractivity contribution is 6.14. The third-order valence-electron chi connectivity index (χ3n) is 4.28. The molecule has 0 amide bonds. The van der Waals surface area contributed by atoms with Gasteiger partial charge >= 0.3 is 0 Å². The van der Waals surface area contributed by atoms with Gasteiger partial charge in [-0.3, -0.25) is 14.2 Å². The fourth-order valence-corrected chi connectivity index (χ4v) is 2.97. The molecule has 3 aromatic rings. The molecule has 4 rings (SSSR count). The largest absolute Gasteiger partial charge is 0.497 e. The lowest BCUT2D eigenvalue weighted by Crippen LogP contribution is -2.12. The summed E-state index contributed by atoms with van der Waals surface area (Å²) in [4.78, 5) is 23.8. The molecule has 0 spiro atoms. The fraction of sp³-hybridized carbons (Fsp3) is 0.222. The van der Waals surface area contributed by atoms with Crippen molar-refractivity contribution in [1.82, 2.24) is 4.57 Å². The van der Waals surface area contributed by atoms with Crippen LogP contribution in [-0.2, 0) is 0 Å². The van der Waals surface area contributed by atoms with E-state index in [0.717, 1.165) is 46.7 Å². The van der Waals surface area contributed by atoms with Crippen molar-refractivity contribution in [2.45, 2.75) is 12.8 Å². The number of benzene rings is 2. The maximum atomic E-state index is 12.7. The highest BCUT2D eigenvalue weighted by Gasteiger charge is 2.32. The summed E-state index contributed by atoms with van der Waals surface area (Å²) in [5.74, 6) is 0.928. The molecule has 110 valence electrons. The van der Waals surface area contributed by atoms with Crippen LogP contribution in [0.3, 0.4) is 0 Å². The van der Waals surface area contributed by atoms with Gasteiger partial charge in [0.05, 0.1) is 18.1 Å². The number of fused-ring (bicyclic) bond motifs is 3. The van der Waals surface area contributed by atoms with E-state index in [1.54, 1.807) is 23.8 Å². The van der Waals surface area contributed by atoms with E-state index in [4.69, 9.17) is 4.74 Å². The third kappa shape index (κ3) is 1.84. The SMILES string of the molecule is COc1ccc2c3ccc(C=O)cc3n(C(=O)C3CC3)c2c1. The zero-order chi connectivity index (χ0) is 15.3. The number of hydrogen-bond acceptors (Lipinski definition) is 3. The van der Waals surface area contributed by atoms with E-state index in [1.165, 1.54) is 0 Å². The fourth-order valence-electron chi connectivity index (χ4n) is 2.97. The van der Waals surface area contributed by atoms with E-state index >= 15 is 0 Å². The lowest BCUT2D eigenvalue weighted by Gasteiger charge is -2.06. The highest BCUT2D eigenvalue weighted by Crippen LogP contribution is 2.37. The molecule has 0 unspecified atom stereocenters. The summed E-state index contributed by atoms with van der Waals surface area (Å²) in [6.45, 7) is 0. The van der Waals surface area contributed by atoms with E-state index in [9.17, 15) is 9.59 Å². The van der Waals surface area contributed by atoms with E-state index in [2.05, 4.69) is 0 Å². The quantitative estimate of drug-likeness (QED) is 0.692. The van der Waals surface area contributed by atoms with Gasteiger partial charge in [-0.25, -0.2) is 0 Å². The molecule has 1 fully saturated rings. The molecule has 1 saturated carbocycles. The number of aromatic nitrogens is 1. The number of ether oxygens (including phenoxy) is 1. The Bertz CT molecular complexity index is 919. The van der Waals surface area contributed by atoms with Crippen LogP contribution >= 0.6 is 0 Å². The number of carbonyl (C=O) groups excluding carboxylic acids is 2. The van der Waals surface area contributed by atoms with Crippen molar-refractivity contribution in [2.24, 2.45) is 5.92 Å². The van der Waals surface area contributed by atoms with Gasteiger partial charge in [-0.15, -0.1) is 0 Å². The number of carbonyl (C=O) groups is 2. The van der Waals surface area contributed by atoms with E-state index < -0.39 is 0 Å². The lowest BCUT2D eigenvalue weighted by molar-refractivity contribution is 0.0896. The minimum absolute atomic E-state index is 0.102. The molecule has 1 aromatic heterocycles. The van der Waals surface area contributed by atoms with Crippen molar-refractivity contribution in [2.75, 3.05) is 7.11 Å². The molecular formula is C18H15NO3. The van der Waals surface area contributed by atoms with Gasteiger partial charge in [0.1, 0.15) is 12.0 Å². The number of aldehydes is 1. The summed E-state index contributed by atoms with van der Waals surface area (Å²) >= 11 is 0. The second-order valence-electron chi connectivity index (χ2n) is 5.73. The first-order chi connectivity index (χ1) is 10.7. The van der Waals surface area contributed by atoms with Crippen molar-refractivity contribution in [1.29, 1.82) is 0 Å². The van der Waals surface area contributed by atoms with Gasteiger partial charge in [-0.1, -0.05) is 12.1 Å². The van der Waals surface area contributed by atoms with Crippen LogP contribution in [0, 0.1) is 5.92 Å². The van der Waals surface area contributed by atoms with Crippen LogP contribution in [0.25, 0.3) is 21.8 Å². The molecule has 1 aliphatic rings. The summed E-state index contributed by atoms with van der Waals surface area (Å²) in [5, 5.41) is 1.99. The van der Waals surface area contributed by atoms with E-state index in [-0.39, 0.29) is 11.8 Å². The van der Waals surface area contributed by atoms with Gasteiger partial charge in [-0.05, 0) is 31.0 Å². The van der Waals surface area contributed by atoms with Gasteiger partial charge in [0.2, 0.25) is 5.91 Å². The predicted molar refractivity (Wildman–Crippen MR) is 84.7 cm³/mol. The highest BCUT2D eigenvalue weighted by atomic mass is 16.5. The molecule has 4 nitrogen and oxygen atoms in total. The minimum atomic E-state index is 0.102. The van der Waals surface area contributed by atoms with Gasteiger partial charge in [-0.2, -0.15) is 0 Å². The second-order valence-corrected chi connectivity index (χ2v) is 5.73. The van der Waals surface area contributed by atoms with Crippen LogP contribution in [0.4, 0.5) is 0 Å². The zero-order valence-electron chi connectivity index (χ0n) is 12.2. The molecule has 0 saturated heterocycles. The monoisotopic (exact) mass is 293 g/mol. The van der Waals surface area contributed by atoms with E-state index in [0.29, 0.717) is 5.56 Å². The number of methoxy groups -OCH3 is 1. The summed E-state index contributed by atoms with van der Waals surface area (Å²) < 4.78 is 7.04. The Morgan fingerprint density at radius 3 is 2.45 bits per heavy atom. The topological polar surface area (TPSA) is 48.3 Å². The van der Waals surface area contributed by atoms with Gasteiger partial charge in [0.25, 0.3) is 0 Å². The second kappa shape index (κ2) is 4.70. The Kier molecular flexibility index (Phi) is 2.79.